The van der Waals surface area contributed by atoms with Crippen molar-refractivity contribution in [3.8, 4) is 0 Å². The molecule has 56 valence electrons. The van der Waals surface area contributed by atoms with Gasteiger partial charge in [0.2, 0.25) is 0 Å². The van der Waals surface area contributed by atoms with E-state index in [1.807, 2.05) is 6.92 Å². The summed E-state index contributed by atoms with van der Waals surface area (Å²) >= 11 is 0. The molecular weight excluding hydrogens is 126 g/mol. The number of nitrogens with zero attached hydrogens (tertiary/aromatic N) is 1. The molecule has 0 bridgehead atoms. The summed E-state index contributed by atoms with van der Waals surface area (Å²) in [5, 5.41) is 6.27. The van der Waals surface area contributed by atoms with Crippen molar-refractivity contribution >= 4 is 5.82 Å². The largest absolute Gasteiger partial charge is 0.384 e. The minimum atomic E-state index is 0.653. The molecule has 2 rings (SSSR count). The second-order valence-electron chi connectivity index (χ2n) is 2.53. The number of H-pyrrole nitrogens is 1. The molecule has 1 heterocycles. The molecule has 3 heteroatoms. The second kappa shape index (κ2) is 3.25. The summed E-state index contributed by atoms with van der Waals surface area (Å²) in [5.41, 5.74) is 6.32. The zero-order chi connectivity index (χ0) is 7.40. The zero-order valence-corrected chi connectivity index (χ0v) is 6.22. The van der Waals surface area contributed by atoms with Gasteiger partial charge in [-0.3, -0.25) is 5.10 Å². The van der Waals surface area contributed by atoms with Crippen molar-refractivity contribution in [2.75, 3.05) is 5.73 Å². The molecule has 1 aromatic heterocycles. The first-order valence-corrected chi connectivity index (χ1v) is 3.56. The van der Waals surface area contributed by atoms with Crippen LogP contribution in [0.4, 0.5) is 5.82 Å². The van der Waals surface area contributed by atoms with Crippen molar-refractivity contribution in [3.05, 3.63) is 11.8 Å². The number of aromatic nitrogens is 2. The Hall–Kier alpha value is -0.990. The van der Waals surface area contributed by atoms with E-state index >= 15 is 0 Å². The van der Waals surface area contributed by atoms with Gasteiger partial charge in [-0.1, -0.05) is 19.3 Å². The summed E-state index contributed by atoms with van der Waals surface area (Å²) in [4.78, 5) is 0. The molecule has 0 amide bonds. The van der Waals surface area contributed by atoms with E-state index in [9.17, 15) is 0 Å². The molecule has 0 aliphatic heterocycles. The van der Waals surface area contributed by atoms with E-state index in [2.05, 4.69) is 10.2 Å². The molecule has 0 unspecified atom stereocenters. The Labute approximate surface area is 60.6 Å². The Bertz CT molecular complexity index is 171. The van der Waals surface area contributed by atoms with Crippen LogP contribution in [0.25, 0.3) is 0 Å². The second-order valence-corrected chi connectivity index (χ2v) is 2.53. The zero-order valence-electron chi connectivity index (χ0n) is 6.22. The topological polar surface area (TPSA) is 54.7 Å². The molecule has 0 spiro atoms. The van der Waals surface area contributed by atoms with Gasteiger partial charge in [-0.25, -0.2) is 0 Å². The van der Waals surface area contributed by atoms with Gasteiger partial charge >= 0.3 is 0 Å². The third-order valence-electron chi connectivity index (χ3n) is 1.22. The molecule has 1 aliphatic carbocycles. The highest BCUT2D eigenvalue weighted by atomic mass is 15.1. The third kappa shape index (κ3) is 2.53. The molecule has 0 aromatic carbocycles. The Morgan fingerprint density at radius 1 is 1.50 bits per heavy atom. The molecular formula is C7H13N3. The molecule has 1 aromatic rings. The van der Waals surface area contributed by atoms with E-state index < -0.39 is 0 Å². The van der Waals surface area contributed by atoms with Crippen LogP contribution in [-0.2, 0) is 0 Å². The molecule has 3 nitrogen and oxygen atoms in total. The smallest absolute Gasteiger partial charge is 0.121 e. The fraction of sp³-hybridized carbons (Fsp3) is 0.571. The lowest BCUT2D eigenvalue weighted by molar-refractivity contribution is 1.10. The average Bonchev–Trinajstić information content (AvgIpc) is 2.70. The first-order chi connectivity index (χ1) is 4.80. The average molecular weight is 139 g/mol. The predicted octanol–water partition coefficient (Wildman–Crippen LogP) is 1.47. The number of nitrogen functional groups attached to an aromatic ring is 1. The van der Waals surface area contributed by atoms with Crippen LogP contribution in [0.15, 0.2) is 6.20 Å². The van der Waals surface area contributed by atoms with Gasteiger partial charge in [0, 0.05) is 5.56 Å². The van der Waals surface area contributed by atoms with Crippen LogP contribution < -0.4 is 5.73 Å². The third-order valence-corrected chi connectivity index (χ3v) is 1.22. The van der Waals surface area contributed by atoms with Crippen LogP contribution >= 0.6 is 0 Å². The van der Waals surface area contributed by atoms with Crippen LogP contribution in [-0.4, -0.2) is 10.2 Å². The lowest BCUT2D eigenvalue weighted by Crippen LogP contribution is -1.85. The number of nitrogens with one attached hydrogen (secondary N) is 1. The fourth-order valence-electron chi connectivity index (χ4n) is 0.356. The first kappa shape index (κ1) is 7.12. The molecule has 0 radical (unpaired) electrons. The van der Waals surface area contributed by atoms with E-state index in [1.165, 1.54) is 19.3 Å². The van der Waals surface area contributed by atoms with E-state index in [4.69, 9.17) is 5.73 Å². The molecule has 0 atom stereocenters. The number of anilines is 1. The highest BCUT2D eigenvalue weighted by Crippen LogP contribution is 2.14. The maximum absolute atomic E-state index is 5.32. The van der Waals surface area contributed by atoms with E-state index in [1.54, 1.807) is 6.20 Å². The van der Waals surface area contributed by atoms with Gasteiger partial charge in [-0.2, -0.15) is 5.10 Å². The van der Waals surface area contributed by atoms with Crippen LogP contribution in [0, 0.1) is 6.92 Å². The van der Waals surface area contributed by atoms with Crippen molar-refractivity contribution in [2.45, 2.75) is 26.2 Å². The summed E-state index contributed by atoms with van der Waals surface area (Å²) in [7, 11) is 0. The Morgan fingerprint density at radius 2 is 2.10 bits per heavy atom. The lowest BCUT2D eigenvalue weighted by Gasteiger charge is -1.79. The van der Waals surface area contributed by atoms with Crippen LogP contribution in [0.1, 0.15) is 24.8 Å². The van der Waals surface area contributed by atoms with Gasteiger partial charge in [0.25, 0.3) is 0 Å². The van der Waals surface area contributed by atoms with Crippen molar-refractivity contribution in [3.63, 3.8) is 0 Å². The number of aryl methyl sites for hydroxylation is 1. The lowest BCUT2D eigenvalue weighted by atomic mass is 10.4. The highest BCUT2D eigenvalue weighted by Gasteiger charge is 1.95. The normalized spacial score (nSPS) is 13.7. The van der Waals surface area contributed by atoms with Crippen molar-refractivity contribution in [1.82, 2.24) is 10.2 Å². The van der Waals surface area contributed by atoms with Crippen LogP contribution in [0.2, 0.25) is 0 Å². The van der Waals surface area contributed by atoms with Gasteiger partial charge < -0.3 is 5.73 Å². The quantitative estimate of drug-likeness (QED) is 0.572. The van der Waals surface area contributed by atoms with Gasteiger partial charge in [-0.05, 0) is 6.92 Å². The summed E-state index contributed by atoms with van der Waals surface area (Å²) in [6, 6.07) is 0. The van der Waals surface area contributed by atoms with Gasteiger partial charge in [-0.15, -0.1) is 0 Å². The predicted molar refractivity (Wildman–Crippen MR) is 41.6 cm³/mol. The SMILES string of the molecule is C1CC1.Cc1cn[nH]c1N. The van der Waals surface area contributed by atoms with Crippen molar-refractivity contribution < 1.29 is 0 Å². The van der Waals surface area contributed by atoms with Crippen molar-refractivity contribution in [2.24, 2.45) is 0 Å². The summed E-state index contributed by atoms with van der Waals surface area (Å²) in [6.07, 6.45) is 6.19. The fourth-order valence-corrected chi connectivity index (χ4v) is 0.356. The van der Waals surface area contributed by atoms with Gasteiger partial charge in [0.1, 0.15) is 5.82 Å². The maximum atomic E-state index is 5.32. The summed E-state index contributed by atoms with van der Waals surface area (Å²) in [6.45, 7) is 1.90. The Balaban J connectivity index is 0.000000138. The van der Waals surface area contributed by atoms with Crippen LogP contribution in [0.5, 0.6) is 0 Å². The highest BCUT2D eigenvalue weighted by molar-refractivity contribution is 5.34. The number of hydrogen-bond donors (Lipinski definition) is 2. The van der Waals surface area contributed by atoms with E-state index in [0.29, 0.717) is 5.82 Å². The molecule has 1 fully saturated rings. The van der Waals surface area contributed by atoms with E-state index in [0.717, 1.165) is 5.56 Å². The van der Waals surface area contributed by atoms with Crippen LogP contribution in [0.3, 0.4) is 0 Å². The molecule has 10 heavy (non-hydrogen) atoms. The molecule has 3 N–H and O–H groups in total. The molecule has 1 saturated carbocycles. The number of rotatable bonds is 0. The summed E-state index contributed by atoms with van der Waals surface area (Å²) in [5.74, 6) is 0.653. The van der Waals surface area contributed by atoms with E-state index in [-0.39, 0.29) is 0 Å². The Morgan fingerprint density at radius 3 is 2.20 bits per heavy atom. The number of nitrogens with two attached hydrogens (primary N) is 1. The standard InChI is InChI=1S/C4H7N3.C3H6/c1-3-2-6-7-4(3)5;1-2-3-1/h2H,1H3,(H3,5,6,7);1-3H2. The monoisotopic (exact) mass is 139 g/mol. The maximum Gasteiger partial charge on any atom is 0.121 e. The first-order valence-electron chi connectivity index (χ1n) is 3.56. The minimum absolute atomic E-state index is 0.653. The molecule has 0 saturated heterocycles. The Kier molecular flexibility index (Phi) is 2.31. The minimum Gasteiger partial charge on any atom is -0.384 e. The van der Waals surface area contributed by atoms with Crippen molar-refractivity contribution in [1.29, 1.82) is 0 Å². The number of hydrogen-bond acceptors (Lipinski definition) is 2. The number of aromatic amines is 1. The summed E-state index contributed by atoms with van der Waals surface area (Å²) < 4.78 is 0. The van der Waals surface area contributed by atoms with Gasteiger partial charge in [0.05, 0.1) is 6.20 Å². The van der Waals surface area contributed by atoms with Gasteiger partial charge in [0.15, 0.2) is 0 Å². The molecule has 1 aliphatic rings.